The molecule has 1 unspecified atom stereocenters. The Bertz CT molecular complexity index is 303. The largest absolute Gasteiger partial charge is 0.480 e. The van der Waals surface area contributed by atoms with Crippen molar-refractivity contribution in [1.82, 2.24) is 10.6 Å². The molecule has 0 aliphatic carbocycles. The molecule has 6 nitrogen and oxygen atoms in total. The Morgan fingerprint density at radius 1 is 1.62 bits per heavy atom. The fourth-order valence-corrected chi connectivity index (χ4v) is 1.63. The zero-order valence-electron chi connectivity index (χ0n) is 9.16. The van der Waals surface area contributed by atoms with Gasteiger partial charge in [0.2, 0.25) is 11.8 Å². The number of nitrogens with one attached hydrogen (secondary N) is 2. The Hall–Kier alpha value is -1.59. The summed E-state index contributed by atoms with van der Waals surface area (Å²) in [5.74, 6) is -1.62. The van der Waals surface area contributed by atoms with Crippen molar-refractivity contribution in [2.75, 3.05) is 0 Å². The van der Waals surface area contributed by atoms with Gasteiger partial charge in [-0.1, -0.05) is 13.3 Å². The highest BCUT2D eigenvalue weighted by Crippen LogP contribution is 2.07. The molecule has 1 aliphatic heterocycles. The molecule has 6 heteroatoms. The van der Waals surface area contributed by atoms with Crippen molar-refractivity contribution in [2.24, 2.45) is 0 Å². The molecule has 90 valence electrons. The minimum absolute atomic E-state index is 0.164. The molecule has 1 rings (SSSR count). The van der Waals surface area contributed by atoms with Crippen LogP contribution in [-0.2, 0) is 14.4 Å². The van der Waals surface area contributed by atoms with E-state index < -0.39 is 24.0 Å². The Morgan fingerprint density at radius 3 is 2.75 bits per heavy atom. The number of hydrogen-bond donors (Lipinski definition) is 3. The van der Waals surface area contributed by atoms with Crippen LogP contribution in [0.4, 0.5) is 0 Å². The molecule has 0 aromatic rings. The van der Waals surface area contributed by atoms with E-state index in [2.05, 4.69) is 10.6 Å². The summed E-state index contributed by atoms with van der Waals surface area (Å²) < 4.78 is 0. The quantitative estimate of drug-likeness (QED) is 0.598. The molecule has 1 fully saturated rings. The predicted molar refractivity (Wildman–Crippen MR) is 55.6 cm³/mol. The maximum absolute atomic E-state index is 11.6. The lowest BCUT2D eigenvalue weighted by atomic mass is 10.1. The van der Waals surface area contributed by atoms with Crippen LogP contribution in [0, 0.1) is 0 Å². The lowest BCUT2D eigenvalue weighted by molar-refractivity contribution is -0.142. The molecule has 2 amide bonds. The second kappa shape index (κ2) is 5.48. The summed E-state index contributed by atoms with van der Waals surface area (Å²) in [7, 11) is 0. The van der Waals surface area contributed by atoms with Crippen molar-refractivity contribution < 1.29 is 19.5 Å². The third kappa shape index (κ3) is 3.22. The molecule has 0 bridgehead atoms. The molecule has 0 saturated carbocycles. The van der Waals surface area contributed by atoms with Gasteiger partial charge in [-0.25, -0.2) is 4.79 Å². The number of carboxylic acid groups (broad SMARTS) is 1. The van der Waals surface area contributed by atoms with Gasteiger partial charge in [-0.3, -0.25) is 9.59 Å². The van der Waals surface area contributed by atoms with Gasteiger partial charge in [0.25, 0.3) is 0 Å². The number of amides is 2. The van der Waals surface area contributed by atoms with Gasteiger partial charge in [0, 0.05) is 6.42 Å². The van der Waals surface area contributed by atoms with Crippen molar-refractivity contribution in [3.63, 3.8) is 0 Å². The van der Waals surface area contributed by atoms with Crippen molar-refractivity contribution in [2.45, 2.75) is 44.7 Å². The topological polar surface area (TPSA) is 95.5 Å². The van der Waals surface area contributed by atoms with Crippen molar-refractivity contribution in [1.29, 1.82) is 0 Å². The average Bonchev–Trinajstić information content (AvgIpc) is 2.64. The maximum Gasteiger partial charge on any atom is 0.326 e. The van der Waals surface area contributed by atoms with Gasteiger partial charge in [-0.2, -0.15) is 0 Å². The summed E-state index contributed by atoms with van der Waals surface area (Å²) in [6.45, 7) is 1.85. The van der Waals surface area contributed by atoms with Crippen LogP contribution in [0.1, 0.15) is 32.6 Å². The number of hydrogen-bond acceptors (Lipinski definition) is 3. The molecule has 1 saturated heterocycles. The van der Waals surface area contributed by atoms with E-state index in [4.69, 9.17) is 5.11 Å². The van der Waals surface area contributed by atoms with Crippen molar-refractivity contribution in [3.8, 4) is 0 Å². The highest BCUT2D eigenvalue weighted by molar-refractivity contribution is 5.92. The molecular formula is C10H16N2O4. The molecule has 0 aromatic heterocycles. The maximum atomic E-state index is 11.6. The zero-order valence-corrected chi connectivity index (χ0v) is 9.16. The highest BCUT2D eigenvalue weighted by Gasteiger charge is 2.29. The van der Waals surface area contributed by atoms with Gasteiger partial charge >= 0.3 is 5.97 Å². The van der Waals surface area contributed by atoms with Crippen molar-refractivity contribution in [3.05, 3.63) is 0 Å². The molecular weight excluding hydrogens is 212 g/mol. The van der Waals surface area contributed by atoms with Crippen molar-refractivity contribution >= 4 is 17.8 Å². The van der Waals surface area contributed by atoms with Crippen LogP contribution in [0.15, 0.2) is 0 Å². The summed E-state index contributed by atoms with van der Waals surface area (Å²) in [6, 6.07) is -1.44. The van der Waals surface area contributed by atoms with E-state index in [9.17, 15) is 14.4 Å². The third-order valence-corrected chi connectivity index (χ3v) is 2.50. The van der Waals surface area contributed by atoms with Gasteiger partial charge in [0.05, 0.1) is 0 Å². The molecule has 16 heavy (non-hydrogen) atoms. The summed E-state index contributed by atoms with van der Waals surface area (Å²) in [4.78, 5) is 33.3. The lowest BCUT2D eigenvalue weighted by Gasteiger charge is -2.16. The third-order valence-electron chi connectivity index (χ3n) is 2.50. The summed E-state index contributed by atoms with van der Waals surface area (Å²) in [5, 5.41) is 13.8. The van der Waals surface area contributed by atoms with Crippen LogP contribution in [0.25, 0.3) is 0 Å². The van der Waals surface area contributed by atoms with E-state index in [0.29, 0.717) is 25.7 Å². The Morgan fingerprint density at radius 2 is 2.31 bits per heavy atom. The Kier molecular flexibility index (Phi) is 4.28. The van der Waals surface area contributed by atoms with Gasteiger partial charge in [-0.05, 0) is 12.8 Å². The number of aliphatic carboxylic acids is 1. The van der Waals surface area contributed by atoms with Gasteiger partial charge in [0.1, 0.15) is 12.1 Å². The first-order valence-electron chi connectivity index (χ1n) is 5.37. The Balaban J connectivity index is 2.48. The first-order chi connectivity index (χ1) is 7.54. The van der Waals surface area contributed by atoms with Crippen LogP contribution >= 0.6 is 0 Å². The van der Waals surface area contributed by atoms with Gasteiger partial charge in [0.15, 0.2) is 0 Å². The normalized spacial score (nSPS) is 21.3. The average molecular weight is 228 g/mol. The second-order valence-corrected chi connectivity index (χ2v) is 3.85. The summed E-state index contributed by atoms with van der Waals surface area (Å²) in [6.07, 6.45) is 1.82. The monoisotopic (exact) mass is 228 g/mol. The fraction of sp³-hybridized carbons (Fsp3) is 0.700. The molecule has 1 aliphatic rings. The molecule has 3 N–H and O–H groups in total. The lowest BCUT2D eigenvalue weighted by Crippen LogP contribution is -2.48. The molecule has 0 spiro atoms. The smallest absolute Gasteiger partial charge is 0.326 e. The Labute approximate surface area is 93.4 Å². The number of carbonyl (C=O) groups is 3. The highest BCUT2D eigenvalue weighted by atomic mass is 16.4. The minimum Gasteiger partial charge on any atom is -0.480 e. The van der Waals surface area contributed by atoms with Crippen LogP contribution < -0.4 is 10.6 Å². The number of carboxylic acids is 1. The minimum atomic E-state index is -1.04. The van der Waals surface area contributed by atoms with E-state index in [-0.39, 0.29) is 5.91 Å². The standard InChI is InChI=1S/C10H16N2O4/c1-2-3-7(10(15)16)12-9(14)6-4-5-8(13)11-6/h6-7H,2-5H2,1H3,(H,11,13)(H,12,14)(H,15,16)/t6-,7?/m0/s1. The van der Waals surface area contributed by atoms with Crippen LogP contribution in [0.5, 0.6) is 0 Å². The van der Waals surface area contributed by atoms with E-state index in [0.717, 1.165) is 0 Å². The van der Waals surface area contributed by atoms with E-state index >= 15 is 0 Å². The molecule has 0 radical (unpaired) electrons. The molecule has 0 aromatic carbocycles. The van der Waals surface area contributed by atoms with Gasteiger partial charge < -0.3 is 15.7 Å². The predicted octanol–water partition coefficient (Wildman–Crippen LogP) is -0.365. The first-order valence-corrected chi connectivity index (χ1v) is 5.37. The van der Waals surface area contributed by atoms with Crippen LogP contribution in [0.2, 0.25) is 0 Å². The SMILES string of the molecule is CCCC(NC(=O)[C@@H]1CCC(=O)N1)C(=O)O. The summed E-state index contributed by atoms with van der Waals surface area (Å²) in [5.41, 5.74) is 0. The van der Waals surface area contributed by atoms with Crippen LogP contribution in [0.3, 0.4) is 0 Å². The van der Waals surface area contributed by atoms with Gasteiger partial charge in [-0.15, -0.1) is 0 Å². The number of carbonyl (C=O) groups excluding carboxylic acids is 2. The molecule has 2 atom stereocenters. The number of rotatable bonds is 5. The van der Waals surface area contributed by atoms with Crippen LogP contribution in [-0.4, -0.2) is 35.0 Å². The summed E-state index contributed by atoms with van der Waals surface area (Å²) >= 11 is 0. The second-order valence-electron chi connectivity index (χ2n) is 3.85. The zero-order chi connectivity index (χ0) is 12.1. The van der Waals surface area contributed by atoms with E-state index in [1.54, 1.807) is 0 Å². The first kappa shape index (κ1) is 12.5. The fourth-order valence-electron chi connectivity index (χ4n) is 1.63. The van der Waals surface area contributed by atoms with E-state index in [1.165, 1.54) is 0 Å². The van der Waals surface area contributed by atoms with E-state index in [1.807, 2.05) is 6.92 Å². The molecule has 1 heterocycles.